The van der Waals surface area contributed by atoms with Gasteiger partial charge in [0.2, 0.25) is 0 Å². The van der Waals surface area contributed by atoms with E-state index in [1.807, 2.05) is 61.3 Å². The summed E-state index contributed by atoms with van der Waals surface area (Å²) in [5.74, 6) is 0. The Hall–Kier alpha value is -2.44. The number of nitrogens with zero attached hydrogens (tertiary/aromatic N) is 4. The summed E-state index contributed by atoms with van der Waals surface area (Å²) in [6, 6.07) is 9.65. The fraction of sp³-hybridized carbons (Fsp3) is 0.211. The number of benzene rings is 1. The molecule has 1 aromatic carbocycles. The average molecular weight is 387 g/mol. The summed E-state index contributed by atoms with van der Waals surface area (Å²) in [4.78, 5) is 25.9. The van der Waals surface area contributed by atoms with Crippen molar-refractivity contribution in [1.29, 1.82) is 0 Å². The van der Waals surface area contributed by atoms with Crippen molar-refractivity contribution in [3.63, 3.8) is 0 Å². The SMILES string of the molecule is CN(/C=N\c1c(C=O)sc2nccc(N(C)C)c12)Cc1cccc(Cl)c1. The minimum atomic E-state index is 0.578. The van der Waals surface area contributed by atoms with E-state index in [-0.39, 0.29) is 0 Å². The number of carbonyl (C=O) groups is 1. The normalized spacial score (nSPS) is 11.2. The molecule has 0 radical (unpaired) electrons. The van der Waals surface area contributed by atoms with Gasteiger partial charge in [-0.2, -0.15) is 0 Å². The fourth-order valence-electron chi connectivity index (χ4n) is 2.71. The molecule has 0 aliphatic rings. The van der Waals surface area contributed by atoms with Crippen molar-refractivity contribution in [3.8, 4) is 0 Å². The topological polar surface area (TPSA) is 48.8 Å². The van der Waals surface area contributed by atoms with E-state index < -0.39 is 0 Å². The molecule has 0 amide bonds. The third kappa shape index (κ3) is 3.86. The van der Waals surface area contributed by atoms with E-state index in [1.54, 1.807) is 12.5 Å². The fourth-order valence-corrected chi connectivity index (χ4v) is 3.85. The van der Waals surface area contributed by atoms with Crippen LogP contribution < -0.4 is 4.90 Å². The number of anilines is 1. The molecule has 0 N–H and O–H groups in total. The molecule has 0 fully saturated rings. The number of hydrogen-bond acceptors (Lipinski definition) is 5. The van der Waals surface area contributed by atoms with Gasteiger partial charge in [-0.15, -0.1) is 11.3 Å². The molecule has 0 saturated carbocycles. The van der Waals surface area contributed by atoms with Gasteiger partial charge in [0.25, 0.3) is 0 Å². The first-order valence-corrected chi connectivity index (χ1v) is 9.22. The van der Waals surface area contributed by atoms with Crippen molar-refractivity contribution < 1.29 is 4.79 Å². The third-order valence-corrected chi connectivity index (χ3v) is 5.11. The molecule has 134 valence electrons. The zero-order valence-electron chi connectivity index (χ0n) is 14.8. The molecule has 2 heterocycles. The summed E-state index contributed by atoms with van der Waals surface area (Å²) in [6.45, 7) is 0.668. The lowest BCUT2D eigenvalue weighted by atomic mass is 10.2. The summed E-state index contributed by atoms with van der Waals surface area (Å²) in [7, 11) is 5.86. The minimum absolute atomic E-state index is 0.578. The van der Waals surface area contributed by atoms with Crippen LogP contribution in [0.4, 0.5) is 11.4 Å². The van der Waals surface area contributed by atoms with E-state index >= 15 is 0 Å². The van der Waals surface area contributed by atoms with Gasteiger partial charge in [-0.05, 0) is 23.8 Å². The molecule has 0 bridgehead atoms. The van der Waals surface area contributed by atoms with Crippen LogP contribution in [0.25, 0.3) is 10.2 Å². The van der Waals surface area contributed by atoms with E-state index in [1.165, 1.54) is 11.3 Å². The lowest BCUT2D eigenvalue weighted by Gasteiger charge is -2.15. The highest BCUT2D eigenvalue weighted by molar-refractivity contribution is 7.21. The van der Waals surface area contributed by atoms with Gasteiger partial charge in [0, 0.05) is 38.9 Å². The Morgan fingerprint density at radius 3 is 2.77 bits per heavy atom. The van der Waals surface area contributed by atoms with Gasteiger partial charge in [0.05, 0.1) is 28.0 Å². The van der Waals surface area contributed by atoms with Gasteiger partial charge < -0.3 is 9.80 Å². The zero-order chi connectivity index (χ0) is 18.7. The summed E-state index contributed by atoms with van der Waals surface area (Å²) in [5.41, 5.74) is 2.74. The molecule has 0 aliphatic carbocycles. The van der Waals surface area contributed by atoms with E-state index in [0.717, 1.165) is 27.8 Å². The lowest BCUT2D eigenvalue weighted by molar-refractivity contribution is 0.112. The Labute approximate surface area is 161 Å². The number of aliphatic imine (C=N–C) groups is 1. The van der Waals surface area contributed by atoms with Gasteiger partial charge >= 0.3 is 0 Å². The zero-order valence-corrected chi connectivity index (χ0v) is 16.4. The van der Waals surface area contributed by atoms with Crippen LogP contribution >= 0.6 is 22.9 Å². The molecule has 0 spiro atoms. The van der Waals surface area contributed by atoms with Crippen molar-refractivity contribution in [2.75, 3.05) is 26.0 Å². The van der Waals surface area contributed by atoms with Crippen molar-refractivity contribution in [3.05, 3.63) is 52.0 Å². The Kier molecular flexibility index (Phi) is 5.54. The largest absolute Gasteiger partial charge is 0.377 e. The molecule has 3 rings (SSSR count). The number of carbonyl (C=O) groups excluding carboxylic acids is 1. The van der Waals surface area contributed by atoms with Gasteiger partial charge in [0.1, 0.15) is 4.83 Å². The molecule has 7 heteroatoms. The first-order chi connectivity index (χ1) is 12.5. The number of fused-ring (bicyclic) bond motifs is 1. The molecule has 3 aromatic rings. The highest BCUT2D eigenvalue weighted by Gasteiger charge is 2.16. The number of aromatic nitrogens is 1. The molecule has 26 heavy (non-hydrogen) atoms. The average Bonchev–Trinajstić information content (AvgIpc) is 2.97. The first kappa shape index (κ1) is 18.4. The van der Waals surface area contributed by atoms with E-state index in [0.29, 0.717) is 22.1 Å². The number of thiophene rings is 1. The highest BCUT2D eigenvalue weighted by atomic mass is 35.5. The maximum Gasteiger partial charge on any atom is 0.162 e. The van der Waals surface area contributed by atoms with E-state index in [4.69, 9.17) is 11.6 Å². The molecule has 5 nitrogen and oxygen atoms in total. The molecule has 2 aromatic heterocycles. The van der Waals surface area contributed by atoms with Crippen LogP contribution in [0, 0.1) is 0 Å². The number of pyridine rings is 1. The maximum absolute atomic E-state index is 11.5. The van der Waals surface area contributed by atoms with Crippen molar-refractivity contribution in [1.82, 2.24) is 9.88 Å². The van der Waals surface area contributed by atoms with E-state index in [9.17, 15) is 4.79 Å². The number of hydrogen-bond donors (Lipinski definition) is 0. The minimum Gasteiger partial charge on any atom is -0.377 e. The Morgan fingerprint density at radius 1 is 1.27 bits per heavy atom. The second kappa shape index (κ2) is 7.85. The predicted octanol–water partition coefficient (Wildman–Crippen LogP) is 4.62. The number of halogens is 1. The monoisotopic (exact) mass is 386 g/mol. The smallest absolute Gasteiger partial charge is 0.162 e. The van der Waals surface area contributed by atoms with Gasteiger partial charge in [-0.25, -0.2) is 9.98 Å². The lowest BCUT2D eigenvalue weighted by Crippen LogP contribution is -2.15. The van der Waals surface area contributed by atoms with Crippen LogP contribution in [-0.2, 0) is 6.54 Å². The maximum atomic E-state index is 11.5. The summed E-state index contributed by atoms with van der Waals surface area (Å²) < 4.78 is 0. The number of aldehydes is 1. The van der Waals surface area contributed by atoms with Crippen molar-refractivity contribution in [2.45, 2.75) is 6.54 Å². The van der Waals surface area contributed by atoms with Crippen molar-refractivity contribution in [2.24, 2.45) is 4.99 Å². The van der Waals surface area contributed by atoms with Crippen LogP contribution in [-0.4, -0.2) is 43.7 Å². The van der Waals surface area contributed by atoms with Crippen LogP contribution in [0.15, 0.2) is 41.5 Å². The van der Waals surface area contributed by atoms with Crippen molar-refractivity contribution >= 4 is 57.2 Å². The molecular formula is C19H19ClN4OS. The van der Waals surface area contributed by atoms with Gasteiger partial charge in [-0.3, -0.25) is 4.79 Å². The quantitative estimate of drug-likeness (QED) is 0.352. The van der Waals surface area contributed by atoms with Gasteiger partial charge in [0.15, 0.2) is 6.29 Å². The molecule has 0 unspecified atom stereocenters. The van der Waals surface area contributed by atoms with E-state index in [2.05, 4.69) is 9.98 Å². The Morgan fingerprint density at radius 2 is 2.08 bits per heavy atom. The Balaban J connectivity index is 1.94. The van der Waals surface area contributed by atoms with Crippen LogP contribution in [0.5, 0.6) is 0 Å². The predicted molar refractivity (Wildman–Crippen MR) is 110 cm³/mol. The van der Waals surface area contributed by atoms with Gasteiger partial charge in [-0.1, -0.05) is 23.7 Å². The summed E-state index contributed by atoms with van der Waals surface area (Å²) in [5, 5.41) is 1.61. The number of rotatable bonds is 6. The first-order valence-electron chi connectivity index (χ1n) is 8.02. The van der Waals surface area contributed by atoms with Crippen LogP contribution in [0.1, 0.15) is 15.2 Å². The highest BCUT2D eigenvalue weighted by Crippen LogP contribution is 2.40. The van der Waals surface area contributed by atoms with Crippen LogP contribution in [0.2, 0.25) is 5.02 Å². The molecular weight excluding hydrogens is 368 g/mol. The molecule has 0 atom stereocenters. The third-order valence-electron chi connectivity index (χ3n) is 3.86. The Bertz CT molecular complexity index is 967. The molecule has 0 aliphatic heterocycles. The second-order valence-corrected chi connectivity index (χ2v) is 7.59. The standard InChI is InChI=1S/C19H19ClN4OS/c1-23(2)15-7-8-21-19-17(15)18(16(11-25)26-19)22-12-24(3)10-13-5-4-6-14(20)9-13/h4-9,11-12H,10H2,1-3H3/b22-12-. The molecule has 0 saturated heterocycles. The summed E-state index contributed by atoms with van der Waals surface area (Å²) >= 11 is 7.39. The van der Waals surface area contributed by atoms with Crippen LogP contribution in [0.3, 0.4) is 0 Å². The second-order valence-electron chi connectivity index (χ2n) is 6.13. The summed E-state index contributed by atoms with van der Waals surface area (Å²) in [6.07, 6.45) is 4.33.